The Labute approximate surface area is 182 Å². The summed E-state index contributed by atoms with van der Waals surface area (Å²) in [5.41, 5.74) is 6.97. The van der Waals surface area contributed by atoms with Gasteiger partial charge in [-0.05, 0) is 43.9 Å². The number of nitrogens with zero attached hydrogens (tertiary/aromatic N) is 4. The van der Waals surface area contributed by atoms with Gasteiger partial charge in [0.15, 0.2) is 0 Å². The van der Waals surface area contributed by atoms with Gasteiger partial charge >= 0.3 is 0 Å². The molecule has 2 saturated heterocycles. The maximum atomic E-state index is 6.16. The molecule has 30 heavy (non-hydrogen) atoms. The maximum absolute atomic E-state index is 6.16. The molecule has 9 heteroatoms. The molecule has 2 aliphatic rings. The van der Waals surface area contributed by atoms with E-state index in [0.717, 1.165) is 50.5 Å². The number of halogens is 1. The third-order valence-corrected chi connectivity index (χ3v) is 6.26. The molecule has 2 atom stereocenters. The Hall–Kier alpha value is -1.87. The van der Waals surface area contributed by atoms with Crippen LogP contribution < -0.4 is 10.6 Å². The predicted molar refractivity (Wildman–Crippen MR) is 118 cm³/mol. The van der Waals surface area contributed by atoms with Crippen LogP contribution in [0.25, 0.3) is 0 Å². The minimum Gasteiger partial charge on any atom is -0.379 e. The van der Waals surface area contributed by atoms with Crippen LogP contribution >= 0.6 is 11.6 Å². The lowest BCUT2D eigenvalue weighted by Gasteiger charge is -2.46. The van der Waals surface area contributed by atoms with Crippen LogP contribution in [0.2, 0.25) is 5.02 Å². The standard InChI is InChI=1S/C21H31ClN6O2/c1-2-29-14-19-12-28(18(13-30-19)11-15-3-5-16(22)6-4-15)17-7-9-27(10-8-17)21-24-20(23)25-26-21/h3-6,17-19H,2,7-14H2,1H3,(H3,23,24,25,26)/t18-,19?/m0/s1. The molecule has 0 bridgehead atoms. The molecule has 3 heterocycles. The minimum absolute atomic E-state index is 0.122. The molecule has 0 radical (unpaired) electrons. The third-order valence-electron chi connectivity index (χ3n) is 6.01. The number of morpholine rings is 1. The molecule has 1 unspecified atom stereocenters. The molecule has 4 rings (SSSR count). The minimum atomic E-state index is 0.122. The lowest BCUT2D eigenvalue weighted by Crippen LogP contribution is -2.58. The fourth-order valence-electron chi connectivity index (χ4n) is 4.45. The van der Waals surface area contributed by atoms with Crippen LogP contribution in [-0.2, 0) is 15.9 Å². The number of aromatic amines is 1. The van der Waals surface area contributed by atoms with Crippen LogP contribution in [0, 0.1) is 0 Å². The normalized spacial score (nSPS) is 23.7. The van der Waals surface area contributed by atoms with E-state index in [1.54, 1.807) is 0 Å². The summed E-state index contributed by atoms with van der Waals surface area (Å²) in [6.07, 6.45) is 3.20. The van der Waals surface area contributed by atoms with Gasteiger partial charge in [0.25, 0.3) is 0 Å². The summed E-state index contributed by atoms with van der Waals surface area (Å²) in [7, 11) is 0. The molecule has 0 aliphatic carbocycles. The van der Waals surface area contributed by atoms with E-state index in [-0.39, 0.29) is 6.10 Å². The second-order valence-electron chi connectivity index (χ2n) is 8.03. The summed E-state index contributed by atoms with van der Waals surface area (Å²) in [5.74, 6) is 1.06. The average Bonchev–Trinajstić information content (AvgIpc) is 3.21. The van der Waals surface area contributed by atoms with Crippen molar-refractivity contribution >= 4 is 23.5 Å². The fourth-order valence-corrected chi connectivity index (χ4v) is 4.58. The number of rotatable bonds is 7. The molecule has 8 nitrogen and oxygen atoms in total. The van der Waals surface area contributed by atoms with Gasteiger partial charge in [-0.1, -0.05) is 23.7 Å². The van der Waals surface area contributed by atoms with Crippen LogP contribution in [0.1, 0.15) is 25.3 Å². The van der Waals surface area contributed by atoms with Gasteiger partial charge in [0.1, 0.15) is 0 Å². The van der Waals surface area contributed by atoms with Crippen molar-refractivity contribution in [2.75, 3.05) is 50.1 Å². The molecular weight excluding hydrogens is 404 g/mol. The number of piperidine rings is 1. The highest BCUT2D eigenvalue weighted by molar-refractivity contribution is 6.30. The van der Waals surface area contributed by atoms with Gasteiger partial charge in [0, 0.05) is 43.3 Å². The summed E-state index contributed by atoms with van der Waals surface area (Å²) in [6.45, 7) is 6.85. The van der Waals surface area contributed by atoms with E-state index in [1.165, 1.54) is 5.56 Å². The van der Waals surface area contributed by atoms with Gasteiger partial charge in [0.2, 0.25) is 11.9 Å². The first-order chi connectivity index (χ1) is 14.6. The zero-order valence-corrected chi connectivity index (χ0v) is 18.2. The number of anilines is 2. The molecule has 0 saturated carbocycles. The van der Waals surface area contributed by atoms with Gasteiger partial charge < -0.3 is 20.1 Å². The van der Waals surface area contributed by atoms with Gasteiger partial charge in [-0.25, -0.2) is 5.10 Å². The molecule has 0 spiro atoms. The van der Waals surface area contributed by atoms with Gasteiger partial charge in [-0.2, -0.15) is 4.98 Å². The number of nitrogen functional groups attached to an aromatic ring is 1. The molecule has 2 fully saturated rings. The second-order valence-corrected chi connectivity index (χ2v) is 8.47. The fraction of sp³-hybridized carbons (Fsp3) is 0.619. The first kappa shape index (κ1) is 21.4. The molecule has 3 N–H and O–H groups in total. The lowest BCUT2D eigenvalue weighted by molar-refractivity contribution is -0.107. The van der Waals surface area contributed by atoms with Crippen molar-refractivity contribution in [3.63, 3.8) is 0 Å². The zero-order valence-electron chi connectivity index (χ0n) is 17.5. The number of ether oxygens (including phenoxy) is 2. The Balaban J connectivity index is 1.42. The highest BCUT2D eigenvalue weighted by atomic mass is 35.5. The molecule has 1 aromatic heterocycles. The van der Waals surface area contributed by atoms with Gasteiger partial charge in [0.05, 0.1) is 19.3 Å². The summed E-state index contributed by atoms with van der Waals surface area (Å²) in [4.78, 5) is 9.12. The van der Waals surface area contributed by atoms with Crippen molar-refractivity contribution in [2.24, 2.45) is 0 Å². The van der Waals surface area contributed by atoms with Crippen molar-refractivity contribution in [3.8, 4) is 0 Å². The van der Waals surface area contributed by atoms with Gasteiger partial charge in [-0.15, -0.1) is 5.10 Å². The molecular formula is C21H31ClN6O2. The van der Waals surface area contributed by atoms with Crippen molar-refractivity contribution in [1.29, 1.82) is 0 Å². The highest BCUT2D eigenvalue weighted by Crippen LogP contribution is 2.27. The van der Waals surface area contributed by atoms with E-state index in [9.17, 15) is 0 Å². The van der Waals surface area contributed by atoms with E-state index in [1.807, 2.05) is 19.1 Å². The number of nitrogens with two attached hydrogens (primary N) is 1. The summed E-state index contributed by atoms with van der Waals surface area (Å²) in [5, 5.41) is 7.70. The van der Waals surface area contributed by atoms with Crippen molar-refractivity contribution in [1.82, 2.24) is 20.1 Å². The lowest BCUT2D eigenvalue weighted by atomic mass is 9.96. The van der Waals surface area contributed by atoms with E-state index in [4.69, 9.17) is 26.8 Å². The number of hydrogen-bond donors (Lipinski definition) is 2. The Bertz CT molecular complexity index is 793. The van der Waals surface area contributed by atoms with Crippen molar-refractivity contribution in [3.05, 3.63) is 34.9 Å². The van der Waals surface area contributed by atoms with E-state index >= 15 is 0 Å². The monoisotopic (exact) mass is 434 g/mol. The van der Waals surface area contributed by atoms with Crippen LogP contribution in [0.15, 0.2) is 24.3 Å². The van der Waals surface area contributed by atoms with Crippen LogP contribution in [0.3, 0.4) is 0 Å². The summed E-state index contributed by atoms with van der Waals surface area (Å²) in [6, 6.07) is 9.00. The van der Waals surface area contributed by atoms with Crippen LogP contribution in [0.5, 0.6) is 0 Å². The predicted octanol–water partition coefficient (Wildman–Crippen LogP) is 2.36. The molecule has 2 aliphatic heterocycles. The Morgan fingerprint density at radius 2 is 2.03 bits per heavy atom. The van der Waals surface area contributed by atoms with Crippen molar-refractivity contribution < 1.29 is 9.47 Å². The maximum Gasteiger partial charge on any atom is 0.246 e. The number of aromatic nitrogens is 3. The summed E-state index contributed by atoms with van der Waals surface area (Å²) >= 11 is 6.06. The molecule has 2 aromatic rings. The second kappa shape index (κ2) is 9.96. The van der Waals surface area contributed by atoms with E-state index in [0.29, 0.717) is 37.2 Å². The topological polar surface area (TPSA) is 92.5 Å². The number of benzene rings is 1. The summed E-state index contributed by atoms with van der Waals surface area (Å²) < 4.78 is 11.8. The van der Waals surface area contributed by atoms with Gasteiger partial charge in [-0.3, -0.25) is 4.90 Å². The Morgan fingerprint density at radius 3 is 2.70 bits per heavy atom. The van der Waals surface area contributed by atoms with E-state index in [2.05, 4.69) is 37.1 Å². The quantitative estimate of drug-likeness (QED) is 0.690. The third kappa shape index (κ3) is 5.24. The number of hydrogen-bond acceptors (Lipinski definition) is 7. The molecule has 0 amide bonds. The highest BCUT2D eigenvalue weighted by Gasteiger charge is 2.35. The number of H-pyrrole nitrogens is 1. The smallest absolute Gasteiger partial charge is 0.246 e. The first-order valence-electron chi connectivity index (χ1n) is 10.7. The molecule has 164 valence electrons. The molecule has 1 aromatic carbocycles. The Morgan fingerprint density at radius 1 is 1.27 bits per heavy atom. The Kier molecular flexibility index (Phi) is 7.09. The number of nitrogens with one attached hydrogen (secondary N) is 1. The van der Waals surface area contributed by atoms with Crippen LogP contribution in [-0.4, -0.2) is 77.7 Å². The first-order valence-corrected chi connectivity index (χ1v) is 11.1. The zero-order chi connectivity index (χ0) is 20.9. The average molecular weight is 435 g/mol. The largest absolute Gasteiger partial charge is 0.379 e. The van der Waals surface area contributed by atoms with E-state index < -0.39 is 0 Å². The van der Waals surface area contributed by atoms with Crippen molar-refractivity contribution in [2.45, 2.75) is 44.4 Å². The SMILES string of the molecule is CCOCC1CN(C2CCN(c3n[nH]c(N)n3)CC2)[C@@H](Cc2ccc(Cl)cc2)CO1. The van der Waals surface area contributed by atoms with Crippen LogP contribution in [0.4, 0.5) is 11.9 Å².